The highest BCUT2D eigenvalue weighted by atomic mass is 16.5. The number of rotatable bonds is 5. The highest BCUT2D eigenvalue weighted by Crippen LogP contribution is 2.29. The molecule has 0 spiro atoms. The van der Waals surface area contributed by atoms with Gasteiger partial charge in [0.25, 0.3) is 0 Å². The quantitative estimate of drug-likeness (QED) is 0.632. The lowest BCUT2D eigenvalue weighted by atomic mass is 10.0. The lowest BCUT2D eigenvalue weighted by Crippen LogP contribution is -2.37. The number of hydrogen-bond acceptors (Lipinski definition) is 5. The number of aromatic nitrogens is 2. The first kappa shape index (κ1) is 21.7. The molecule has 2 fully saturated rings. The molecule has 1 amide bonds. The van der Waals surface area contributed by atoms with Gasteiger partial charge in [-0.3, -0.25) is 4.79 Å². The molecule has 2 aliphatic heterocycles. The van der Waals surface area contributed by atoms with E-state index < -0.39 is 6.04 Å². The van der Waals surface area contributed by atoms with E-state index in [1.165, 1.54) is 6.42 Å². The normalized spacial score (nSPS) is 21.6. The van der Waals surface area contributed by atoms with Gasteiger partial charge < -0.3 is 19.7 Å². The molecule has 0 saturated carbocycles. The molecule has 172 valence electrons. The maximum atomic E-state index is 13.5. The zero-order chi connectivity index (χ0) is 22.6. The van der Waals surface area contributed by atoms with Gasteiger partial charge in [-0.2, -0.15) is 5.10 Å². The topological polar surface area (TPSA) is 68.6 Å². The third-order valence-corrected chi connectivity index (χ3v) is 6.41. The number of nitrogens with zero attached hydrogens (tertiary/aromatic N) is 3. The second-order valence-electron chi connectivity index (χ2n) is 8.58. The van der Waals surface area contributed by atoms with E-state index in [1.54, 1.807) is 7.11 Å². The van der Waals surface area contributed by atoms with Crippen molar-refractivity contribution in [2.24, 2.45) is 0 Å². The number of anilines is 1. The number of nitrogens with one attached hydrogen (secondary N) is 1. The summed E-state index contributed by atoms with van der Waals surface area (Å²) < 4.78 is 13.1. The van der Waals surface area contributed by atoms with Crippen molar-refractivity contribution in [3.63, 3.8) is 0 Å². The molecule has 1 aromatic heterocycles. The summed E-state index contributed by atoms with van der Waals surface area (Å²) in [6.45, 7) is 2.26. The van der Waals surface area contributed by atoms with Gasteiger partial charge in [0.05, 0.1) is 13.3 Å². The Labute approximate surface area is 194 Å². The number of carbonyl (C=O) groups is 1. The standard InChI is InChI=1S/C26H30N4O3/c1-32-23-7-4-6-20(16-23)25-26(31)29(14-5-13-27-25)22-11-9-19(10-12-22)21-17-28-30(18-21)24-8-2-3-15-33-24/h4,6-7,9-12,16-18,24-25,27H,2-3,5,8,13-15H2,1H3. The van der Waals surface area contributed by atoms with Gasteiger partial charge in [0, 0.05) is 30.6 Å². The molecule has 7 nitrogen and oxygen atoms in total. The van der Waals surface area contributed by atoms with Crippen LogP contribution in [0.1, 0.15) is 43.5 Å². The lowest BCUT2D eigenvalue weighted by Gasteiger charge is -2.25. The van der Waals surface area contributed by atoms with Crippen LogP contribution in [0.4, 0.5) is 5.69 Å². The summed E-state index contributed by atoms with van der Waals surface area (Å²) in [7, 11) is 1.64. The predicted molar refractivity (Wildman–Crippen MR) is 127 cm³/mol. The smallest absolute Gasteiger partial charge is 0.248 e. The van der Waals surface area contributed by atoms with Gasteiger partial charge in [0.2, 0.25) is 5.91 Å². The average Bonchev–Trinajstić information content (AvgIpc) is 3.29. The van der Waals surface area contributed by atoms with Gasteiger partial charge in [-0.05, 0) is 67.6 Å². The van der Waals surface area contributed by atoms with Gasteiger partial charge in [-0.1, -0.05) is 24.3 Å². The molecular weight excluding hydrogens is 416 g/mol. The maximum Gasteiger partial charge on any atom is 0.248 e. The van der Waals surface area contributed by atoms with Crippen LogP contribution in [0.3, 0.4) is 0 Å². The Morgan fingerprint density at radius 3 is 2.76 bits per heavy atom. The SMILES string of the molecule is COc1cccc(C2NCCCN(c3ccc(-c4cnn(C5CCCCO5)c4)cc3)C2=O)c1. The molecule has 3 aromatic rings. The molecule has 0 bridgehead atoms. The van der Waals surface area contributed by atoms with Crippen molar-refractivity contribution in [3.8, 4) is 16.9 Å². The summed E-state index contributed by atoms with van der Waals surface area (Å²) in [5, 5.41) is 7.92. The molecule has 3 heterocycles. The Bertz CT molecular complexity index is 1090. The predicted octanol–water partition coefficient (Wildman–Crippen LogP) is 4.33. The van der Waals surface area contributed by atoms with Gasteiger partial charge in [0.1, 0.15) is 18.0 Å². The van der Waals surface area contributed by atoms with Crippen molar-refractivity contribution in [1.82, 2.24) is 15.1 Å². The third-order valence-electron chi connectivity index (χ3n) is 6.41. The van der Waals surface area contributed by atoms with Crippen molar-refractivity contribution < 1.29 is 14.3 Å². The second kappa shape index (κ2) is 9.77. The fraction of sp³-hybridized carbons (Fsp3) is 0.385. The lowest BCUT2D eigenvalue weighted by molar-refractivity contribution is -0.120. The van der Waals surface area contributed by atoms with Gasteiger partial charge >= 0.3 is 0 Å². The van der Waals surface area contributed by atoms with E-state index in [2.05, 4.69) is 22.5 Å². The zero-order valence-electron chi connectivity index (χ0n) is 18.9. The number of methoxy groups -OCH3 is 1. The second-order valence-corrected chi connectivity index (χ2v) is 8.58. The van der Waals surface area contributed by atoms with Crippen LogP contribution in [0.25, 0.3) is 11.1 Å². The summed E-state index contributed by atoms with van der Waals surface area (Å²) in [4.78, 5) is 15.4. The first-order valence-electron chi connectivity index (χ1n) is 11.7. The third kappa shape index (κ3) is 4.65. The summed E-state index contributed by atoms with van der Waals surface area (Å²) in [6, 6.07) is 15.5. The monoisotopic (exact) mass is 446 g/mol. The van der Waals surface area contributed by atoms with Crippen LogP contribution in [0.2, 0.25) is 0 Å². The van der Waals surface area contributed by atoms with E-state index in [1.807, 2.05) is 58.4 Å². The molecule has 5 rings (SSSR count). The van der Waals surface area contributed by atoms with Crippen LogP contribution in [-0.2, 0) is 9.53 Å². The molecule has 7 heteroatoms. The minimum Gasteiger partial charge on any atom is -0.497 e. The first-order valence-corrected chi connectivity index (χ1v) is 11.7. The molecule has 2 unspecified atom stereocenters. The van der Waals surface area contributed by atoms with Crippen LogP contribution in [0, 0.1) is 0 Å². The van der Waals surface area contributed by atoms with Crippen molar-refractivity contribution in [3.05, 3.63) is 66.5 Å². The number of carbonyl (C=O) groups excluding carboxylic acids is 1. The molecule has 2 saturated heterocycles. The van der Waals surface area contributed by atoms with E-state index in [0.717, 1.165) is 60.5 Å². The highest BCUT2D eigenvalue weighted by molar-refractivity contribution is 5.98. The molecular formula is C26H30N4O3. The van der Waals surface area contributed by atoms with Crippen molar-refractivity contribution >= 4 is 11.6 Å². The number of benzene rings is 2. The Kier molecular flexibility index (Phi) is 6.41. The fourth-order valence-corrected chi connectivity index (χ4v) is 4.59. The maximum absolute atomic E-state index is 13.5. The number of hydrogen-bond donors (Lipinski definition) is 1. The van der Waals surface area contributed by atoms with Crippen LogP contribution in [0.5, 0.6) is 5.75 Å². The van der Waals surface area contributed by atoms with Crippen molar-refractivity contribution in [2.45, 2.75) is 38.0 Å². The summed E-state index contributed by atoms with van der Waals surface area (Å²) in [5.74, 6) is 0.803. The summed E-state index contributed by atoms with van der Waals surface area (Å²) in [5.41, 5.74) is 3.95. The molecule has 33 heavy (non-hydrogen) atoms. The molecule has 2 atom stereocenters. The Balaban J connectivity index is 1.34. The van der Waals surface area contributed by atoms with Gasteiger partial charge in [-0.15, -0.1) is 0 Å². The van der Waals surface area contributed by atoms with E-state index in [-0.39, 0.29) is 12.1 Å². The van der Waals surface area contributed by atoms with E-state index in [9.17, 15) is 4.79 Å². The van der Waals surface area contributed by atoms with Crippen LogP contribution < -0.4 is 15.0 Å². The van der Waals surface area contributed by atoms with E-state index in [0.29, 0.717) is 6.54 Å². The van der Waals surface area contributed by atoms with Crippen LogP contribution in [-0.4, -0.2) is 42.5 Å². The molecule has 2 aromatic carbocycles. The summed E-state index contributed by atoms with van der Waals surface area (Å²) >= 11 is 0. The molecule has 1 N–H and O–H groups in total. The Hall–Kier alpha value is -3.16. The van der Waals surface area contributed by atoms with E-state index >= 15 is 0 Å². The van der Waals surface area contributed by atoms with Crippen molar-refractivity contribution in [2.75, 3.05) is 31.7 Å². The number of amides is 1. The first-order chi connectivity index (χ1) is 16.2. The van der Waals surface area contributed by atoms with Gasteiger partial charge in [0.15, 0.2) is 0 Å². The molecule has 0 radical (unpaired) electrons. The van der Waals surface area contributed by atoms with E-state index in [4.69, 9.17) is 9.47 Å². The molecule has 2 aliphatic rings. The minimum atomic E-state index is -0.393. The summed E-state index contributed by atoms with van der Waals surface area (Å²) in [6.07, 6.45) is 8.14. The van der Waals surface area contributed by atoms with Crippen LogP contribution in [0.15, 0.2) is 60.9 Å². The van der Waals surface area contributed by atoms with Crippen LogP contribution >= 0.6 is 0 Å². The Morgan fingerprint density at radius 1 is 1.09 bits per heavy atom. The number of ether oxygens (including phenoxy) is 2. The minimum absolute atomic E-state index is 0.0301. The molecule has 0 aliphatic carbocycles. The van der Waals surface area contributed by atoms with Crippen molar-refractivity contribution in [1.29, 1.82) is 0 Å². The largest absolute Gasteiger partial charge is 0.497 e. The fourth-order valence-electron chi connectivity index (χ4n) is 4.59. The average molecular weight is 447 g/mol. The van der Waals surface area contributed by atoms with Gasteiger partial charge in [-0.25, -0.2) is 4.68 Å². The highest BCUT2D eigenvalue weighted by Gasteiger charge is 2.29. The zero-order valence-corrected chi connectivity index (χ0v) is 18.9. The Morgan fingerprint density at radius 2 is 1.97 bits per heavy atom.